The predicted octanol–water partition coefficient (Wildman–Crippen LogP) is 3.99. The van der Waals surface area contributed by atoms with Crippen LogP contribution in [0, 0.1) is 11.8 Å². The molecule has 0 radical (unpaired) electrons. The molecule has 2 heterocycles. The highest BCUT2D eigenvalue weighted by Crippen LogP contribution is 2.45. The van der Waals surface area contributed by atoms with Crippen molar-refractivity contribution < 1.29 is 14.3 Å². The Morgan fingerprint density at radius 2 is 1.72 bits per heavy atom. The first-order valence-electron chi connectivity index (χ1n) is 13.6. The van der Waals surface area contributed by atoms with Gasteiger partial charge in [-0.1, -0.05) is 20.8 Å². The number of hydrogen-bond donors (Lipinski definition) is 0. The van der Waals surface area contributed by atoms with Crippen molar-refractivity contribution in [3.63, 3.8) is 0 Å². The standard InChI is InChI=1S/C26H49N3O3/c1-5-11-27(12-6-2)14-15-28(8-4)25(30)19-22-18-23-20-26(31-16-17-32-26)10-9-24(23)29(21-22)13-7-3/h22-24H,5-21H2,1-4H3/t22-,23-,24-/m1/s1. The molecule has 0 bridgehead atoms. The van der Waals surface area contributed by atoms with Gasteiger partial charge in [0.05, 0.1) is 13.2 Å². The molecular formula is C26H49N3O3. The van der Waals surface area contributed by atoms with Gasteiger partial charge in [-0.05, 0) is 70.5 Å². The molecule has 0 aromatic carbocycles. The van der Waals surface area contributed by atoms with Crippen LogP contribution < -0.4 is 0 Å². The largest absolute Gasteiger partial charge is 0.348 e. The lowest BCUT2D eigenvalue weighted by molar-refractivity contribution is -0.203. The number of amides is 1. The molecule has 3 aliphatic rings. The molecule has 0 N–H and O–H groups in total. The summed E-state index contributed by atoms with van der Waals surface area (Å²) < 4.78 is 12.1. The van der Waals surface area contributed by atoms with E-state index < -0.39 is 0 Å². The Morgan fingerprint density at radius 3 is 2.34 bits per heavy atom. The van der Waals surface area contributed by atoms with Gasteiger partial charge in [-0.2, -0.15) is 0 Å². The van der Waals surface area contributed by atoms with E-state index in [2.05, 4.69) is 42.4 Å². The molecule has 3 rings (SSSR count). The van der Waals surface area contributed by atoms with Crippen LogP contribution in [-0.2, 0) is 14.3 Å². The first-order chi connectivity index (χ1) is 15.5. The van der Waals surface area contributed by atoms with Gasteiger partial charge in [-0.3, -0.25) is 9.69 Å². The number of fused-ring (bicyclic) bond motifs is 1. The fraction of sp³-hybridized carbons (Fsp3) is 0.962. The van der Waals surface area contributed by atoms with Gasteiger partial charge in [-0.15, -0.1) is 0 Å². The number of hydrogen-bond acceptors (Lipinski definition) is 5. The maximum absolute atomic E-state index is 13.3. The van der Waals surface area contributed by atoms with E-state index in [0.717, 1.165) is 84.7 Å². The molecule has 3 fully saturated rings. The van der Waals surface area contributed by atoms with Crippen LogP contribution in [0.25, 0.3) is 0 Å². The predicted molar refractivity (Wildman–Crippen MR) is 130 cm³/mol. The van der Waals surface area contributed by atoms with Gasteiger partial charge in [0.15, 0.2) is 5.79 Å². The highest BCUT2D eigenvalue weighted by atomic mass is 16.7. The number of nitrogens with zero attached hydrogens (tertiary/aromatic N) is 3. The van der Waals surface area contributed by atoms with Crippen LogP contribution in [0.5, 0.6) is 0 Å². The van der Waals surface area contributed by atoms with E-state index in [-0.39, 0.29) is 5.79 Å². The molecule has 186 valence electrons. The summed E-state index contributed by atoms with van der Waals surface area (Å²) in [5.41, 5.74) is 0. The van der Waals surface area contributed by atoms with E-state index in [1.54, 1.807) is 0 Å². The average Bonchev–Trinajstić information content (AvgIpc) is 3.21. The quantitative estimate of drug-likeness (QED) is 0.449. The van der Waals surface area contributed by atoms with Gasteiger partial charge in [0.1, 0.15) is 0 Å². The van der Waals surface area contributed by atoms with Gasteiger partial charge in [-0.25, -0.2) is 0 Å². The maximum Gasteiger partial charge on any atom is 0.222 e. The lowest BCUT2D eigenvalue weighted by atomic mass is 9.72. The topological polar surface area (TPSA) is 45.2 Å². The minimum atomic E-state index is -0.331. The van der Waals surface area contributed by atoms with Crippen molar-refractivity contribution in [2.75, 3.05) is 59.0 Å². The zero-order valence-corrected chi connectivity index (χ0v) is 21.3. The van der Waals surface area contributed by atoms with Crippen LogP contribution in [-0.4, -0.2) is 91.5 Å². The molecule has 3 atom stereocenters. The summed E-state index contributed by atoms with van der Waals surface area (Å²) in [6, 6.07) is 0.638. The third kappa shape index (κ3) is 6.68. The molecule has 0 aromatic heterocycles. The number of rotatable bonds is 12. The van der Waals surface area contributed by atoms with Crippen molar-refractivity contribution in [1.82, 2.24) is 14.7 Å². The highest BCUT2D eigenvalue weighted by Gasteiger charge is 2.49. The van der Waals surface area contributed by atoms with Crippen molar-refractivity contribution in [2.45, 2.75) is 90.9 Å². The van der Waals surface area contributed by atoms with Crippen LogP contribution in [0.4, 0.5) is 0 Å². The Morgan fingerprint density at radius 1 is 1.00 bits per heavy atom. The van der Waals surface area contributed by atoms with Crippen molar-refractivity contribution in [1.29, 1.82) is 0 Å². The summed E-state index contributed by atoms with van der Waals surface area (Å²) in [5.74, 6) is 1.05. The summed E-state index contributed by atoms with van der Waals surface area (Å²) >= 11 is 0. The number of likely N-dealkylation sites (N-methyl/N-ethyl adjacent to an activating group) is 1. The second kappa shape index (κ2) is 12.7. The van der Waals surface area contributed by atoms with E-state index in [4.69, 9.17) is 9.47 Å². The summed E-state index contributed by atoms with van der Waals surface area (Å²) in [6.45, 7) is 17.5. The fourth-order valence-electron chi connectivity index (χ4n) is 6.45. The molecule has 2 aliphatic heterocycles. The normalized spacial score (nSPS) is 27.7. The average molecular weight is 452 g/mol. The fourth-order valence-corrected chi connectivity index (χ4v) is 6.45. The van der Waals surface area contributed by atoms with Gasteiger partial charge in [0.2, 0.25) is 5.91 Å². The smallest absolute Gasteiger partial charge is 0.222 e. The van der Waals surface area contributed by atoms with E-state index in [1.807, 2.05) is 0 Å². The molecule has 1 aliphatic carbocycles. The number of likely N-dealkylation sites (tertiary alicyclic amines) is 1. The third-order valence-electron chi connectivity index (χ3n) is 7.82. The summed E-state index contributed by atoms with van der Waals surface area (Å²) in [6.07, 6.45) is 8.54. The highest BCUT2D eigenvalue weighted by molar-refractivity contribution is 5.76. The minimum absolute atomic E-state index is 0.331. The molecule has 32 heavy (non-hydrogen) atoms. The van der Waals surface area contributed by atoms with E-state index in [0.29, 0.717) is 30.2 Å². The first-order valence-corrected chi connectivity index (χ1v) is 13.6. The SMILES string of the molecule is CCCN(CCC)CCN(CC)C(=O)C[C@H]1C[C@@H]2CC3(CC[C@H]2N(CCC)C1)OCCO3. The second-order valence-corrected chi connectivity index (χ2v) is 10.3. The van der Waals surface area contributed by atoms with Crippen LogP contribution >= 0.6 is 0 Å². The molecule has 1 saturated carbocycles. The molecule has 6 nitrogen and oxygen atoms in total. The maximum atomic E-state index is 13.3. The zero-order chi connectivity index (χ0) is 23.0. The number of carbonyl (C=O) groups excluding carboxylic acids is 1. The van der Waals surface area contributed by atoms with Crippen molar-refractivity contribution in [2.24, 2.45) is 11.8 Å². The third-order valence-corrected chi connectivity index (χ3v) is 7.82. The van der Waals surface area contributed by atoms with Crippen LogP contribution in [0.2, 0.25) is 0 Å². The molecule has 6 heteroatoms. The first kappa shape index (κ1) is 25.9. The van der Waals surface area contributed by atoms with E-state index in [9.17, 15) is 4.79 Å². The number of ether oxygens (including phenoxy) is 2. The van der Waals surface area contributed by atoms with Gasteiger partial charge in [0, 0.05) is 51.5 Å². The molecule has 1 amide bonds. The van der Waals surface area contributed by atoms with Crippen LogP contribution in [0.1, 0.15) is 79.1 Å². The second-order valence-electron chi connectivity index (χ2n) is 10.3. The van der Waals surface area contributed by atoms with Gasteiger partial charge >= 0.3 is 0 Å². The number of carbonyl (C=O) groups is 1. The molecule has 0 unspecified atom stereocenters. The molecule has 0 aromatic rings. The number of piperidine rings is 1. The van der Waals surface area contributed by atoms with Crippen molar-refractivity contribution >= 4 is 5.91 Å². The van der Waals surface area contributed by atoms with Gasteiger partial charge < -0.3 is 19.3 Å². The minimum Gasteiger partial charge on any atom is -0.348 e. The van der Waals surface area contributed by atoms with Crippen molar-refractivity contribution in [3.8, 4) is 0 Å². The zero-order valence-electron chi connectivity index (χ0n) is 21.3. The molecule has 1 spiro atoms. The lowest BCUT2D eigenvalue weighted by Gasteiger charge is -2.51. The van der Waals surface area contributed by atoms with Gasteiger partial charge in [0.25, 0.3) is 0 Å². The molecular weight excluding hydrogens is 402 g/mol. The summed E-state index contributed by atoms with van der Waals surface area (Å²) in [4.78, 5) is 20.6. The van der Waals surface area contributed by atoms with Crippen molar-refractivity contribution in [3.05, 3.63) is 0 Å². The Hall–Kier alpha value is -0.690. The van der Waals surface area contributed by atoms with E-state index in [1.165, 1.54) is 19.3 Å². The Bertz CT molecular complexity index is 561. The van der Waals surface area contributed by atoms with Crippen LogP contribution in [0.15, 0.2) is 0 Å². The summed E-state index contributed by atoms with van der Waals surface area (Å²) in [5, 5.41) is 0. The van der Waals surface area contributed by atoms with E-state index >= 15 is 0 Å². The Kier molecular flexibility index (Phi) is 10.3. The Labute approximate surface area is 197 Å². The summed E-state index contributed by atoms with van der Waals surface area (Å²) in [7, 11) is 0. The Balaban J connectivity index is 1.57. The molecule has 2 saturated heterocycles. The lowest BCUT2D eigenvalue weighted by Crippen LogP contribution is -2.55. The van der Waals surface area contributed by atoms with Crippen LogP contribution in [0.3, 0.4) is 0 Å². The monoisotopic (exact) mass is 451 g/mol.